The molecule has 1 aromatic rings. The van der Waals surface area contributed by atoms with Crippen LogP contribution in [0.2, 0.25) is 0 Å². The minimum Gasteiger partial charge on any atom is -0.454 e. The van der Waals surface area contributed by atoms with Gasteiger partial charge < -0.3 is 29.6 Å². The van der Waals surface area contributed by atoms with Gasteiger partial charge in [-0.2, -0.15) is 0 Å². The highest BCUT2D eigenvalue weighted by Gasteiger charge is 2.37. The number of aliphatic imine (C=N–C) groups is 1. The van der Waals surface area contributed by atoms with Gasteiger partial charge in [-0.15, -0.1) is 24.0 Å². The Hall–Kier alpha value is -1.26. The molecule has 1 aromatic carbocycles. The van der Waals surface area contributed by atoms with Gasteiger partial charge >= 0.3 is 0 Å². The average Bonchev–Trinajstić information content (AvgIpc) is 3.27. The van der Waals surface area contributed by atoms with Crippen molar-refractivity contribution in [2.24, 2.45) is 16.3 Å². The summed E-state index contributed by atoms with van der Waals surface area (Å²) < 4.78 is 23.0. The number of guanidine groups is 1. The van der Waals surface area contributed by atoms with Crippen LogP contribution in [0.3, 0.4) is 0 Å². The van der Waals surface area contributed by atoms with Gasteiger partial charge in [0.2, 0.25) is 6.79 Å². The third kappa shape index (κ3) is 6.25. The molecular formula is C25H40IN3O4. The van der Waals surface area contributed by atoms with E-state index in [1.165, 1.54) is 12.0 Å². The summed E-state index contributed by atoms with van der Waals surface area (Å²) in [4.78, 5) is 4.50. The van der Waals surface area contributed by atoms with Gasteiger partial charge in [0.1, 0.15) is 0 Å². The van der Waals surface area contributed by atoms with Crippen LogP contribution in [0.1, 0.15) is 52.0 Å². The normalized spacial score (nSPS) is 24.7. The summed E-state index contributed by atoms with van der Waals surface area (Å²) in [6.07, 6.45) is 4.48. The van der Waals surface area contributed by atoms with E-state index in [9.17, 15) is 0 Å². The van der Waals surface area contributed by atoms with Crippen LogP contribution in [0.4, 0.5) is 0 Å². The first-order chi connectivity index (χ1) is 15.4. The van der Waals surface area contributed by atoms with E-state index in [4.69, 9.17) is 18.9 Å². The third-order valence-corrected chi connectivity index (χ3v) is 7.08. The van der Waals surface area contributed by atoms with Crippen molar-refractivity contribution in [3.8, 4) is 11.5 Å². The molecule has 0 radical (unpaired) electrons. The first-order valence-corrected chi connectivity index (χ1v) is 12.0. The number of hydrogen-bond donors (Lipinski definition) is 2. The number of ether oxygens (including phenoxy) is 4. The van der Waals surface area contributed by atoms with Crippen LogP contribution < -0.4 is 20.1 Å². The second-order valence-corrected chi connectivity index (χ2v) is 10.3. The lowest BCUT2D eigenvalue weighted by molar-refractivity contribution is -0.0835. The number of fused-ring (bicyclic) bond motifs is 1. The molecule has 2 N–H and O–H groups in total. The van der Waals surface area contributed by atoms with Crippen LogP contribution in [-0.2, 0) is 14.9 Å². The summed E-state index contributed by atoms with van der Waals surface area (Å²) in [6.45, 7) is 11.1. The average molecular weight is 574 g/mol. The fraction of sp³-hybridized carbons (Fsp3) is 0.720. The molecule has 2 saturated heterocycles. The van der Waals surface area contributed by atoms with E-state index < -0.39 is 0 Å². The molecule has 3 aliphatic heterocycles. The largest absolute Gasteiger partial charge is 0.454 e. The van der Waals surface area contributed by atoms with Gasteiger partial charge in [0.25, 0.3) is 0 Å². The van der Waals surface area contributed by atoms with Crippen molar-refractivity contribution in [2.75, 3.05) is 46.8 Å². The zero-order valence-corrected chi connectivity index (χ0v) is 22.8. The van der Waals surface area contributed by atoms with E-state index in [2.05, 4.69) is 48.5 Å². The smallest absolute Gasteiger partial charge is 0.231 e. The van der Waals surface area contributed by atoms with Crippen molar-refractivity contribution in [1.82, 2.24) is 10.6 Å². The van der Waals surface area contributed by atoms with Crippen molar-refractivity contribution in [3.63, 3.8) is 0 Å². The van der Waals surface area contributed by atoms with Crippen molar-refractivity contribution >= 4 is 29.9 Å². The van der Waals surface area contributed by atoms with Gasteiger partial charge in [0.05, 0.1) is 6.10 Å². The number of halogens is 1. The topological polar surface area (TPSA) is 73.3 Å². The Morgan fingerprint density at radius 1 is 1.09 bits per heavy atom. The van der Waals surface area contributed by atoms with E-state index in [1.807, 2.05) is 13.1 Å². The maximum absolute atomic E-state index is 6.15. The second kappa shape index (κ2) is 11.4. The molecule has 33 heavy (non-hydrogen) atoms. The molecule has 3 aliphatic rings. The molecule has 0 spiro atoms. The molecule has 2 unspecified atom stereocenters. The number of nitrogens with zero attached hydrogens (tertiary/aromatic N) is 1. The summed E-state index contributed by atoms with van der Waals surface area (Å²) in [5.41, 5.74) is 1.37. The number of rotatable bonds is 5. The number of benzene rings is 1. The van der Waals surface area contributed by atoms with Crippen molar-refractivity contribution < 1.29 is 18.9 Å². The van der Waals surface area contributed by atoms with Crippen LogP contribution in [-0.4, -0.2) is 58.8 Å². The van der Waals surface area contributed by atoms with Crippen molar-refractivity contribution in [3.05, 3.63) is 23.8 Å². The van der Waals surface area contributed by atoms with Crippen molar-refractivity contribution in [1.29, 1.82) is 0 Å². The minimum absolute atomic E-state index is 0. The van der Waals surface area contributed by atoms with E-state index in [0.29, 0.717) is 12.7 Å². The molecule has 0 amide bonds. The van der Waals surface area contributed by atoms with Crippen LogP contribution in [0.5, 0.6) is 11.5 Å². The summed E-state index contributed by atoms with van der Waals surface area (Å²) in [7, 11) is 1.84. The maximum atomic E-state index is 6.15. The summed E-state index contributed by atoms with van der Waals surface area (Å²) >= 11 is 0. The zero-order valence-electron chi connectivity index (χ0n) is 20.4. The van der Waals surface area contributed by atoms with E-state index in [-0.39, 0.29) is 40.9 Å². The van der Waals surface area contributed by atoms with Gasteiger partial charge in [0, 0.05) is 51.3 Å². The predicted molar refractivity (Wildman–Crippen MR) is 141 cm³/mol. The SMILES string of the molecule is CN=C(NCC1CCCOC1C(C)(C)C)NCC1(c2ccc3c(c2)OCO3)CCOCC1.I. The molecule has 186 valence electrons. The summed E-state index contributed by atoms with van der Waals surface area (Å²) in [5.74, 6) is 2.98. The molecule has 3 heterocycles. The molecule has 7 nitrogen and oxygen atoms in total. The minimum atomic E-state index is -0.0290. The summed E-state index contributed by atoms with van der Waals surface area (Å²) in [5, 5.41) is 7.18. The Morgan fingerprint density at radius 2 is 1.85 bits per heavy atom. The molecule has 0 aliphatic carbocycles. The van der Waals surface area contributed by atoms with Crippen LogP contribution in [0, 0.1) is 11.3 Å². The molecule has 0 aromatic heterocycles. The zero-order chi connectivity index (χ0) is 22.6. The van der Waals surface area contributed by atoms with Gasteiger partial charge in [0.15, 0.2) is 17.5 Å². The lowest BCUT2D eigenvalue weighted by Gasteiger charge is -2.41. The highest BCUT2D eigenvalue weighted by molar-refractivity contribution is 14.0. The highest BCUT2D eigenvalue weighted by Crippen LogP contribution is 2.40. The molecule has 4 rings (SSSR count). The number of hydrogen-bond acceptors (Lipinski definition) is 5. The Balaban J connectivity index is 0.00000306. The highest BCUT2D eigenvalue weighted by atomic mass is 127. The lowest BCUT2D eigenvalue weighted by Crippen LogP contribution is -2.50. The van der Waals surface area contributed by atoms with Crippen molar-refractivity contribution in [2.45, 2.75) is 58.0 Å². The standard InChI is InChI=1S/C25H39N3O4.HI/c1-24(2,3)22-18(6-5-11-30-22)15-27-23(26-4)28-16-25(9-12-29-13-10-25)19-7-8-20-21(14-19)32-17-31-20;/h7-8,14,18,22H,5-6,9-13,15-17H2,1-4H3,(H2,26,27,28);1H. The van der Waals surface area contributed by atoms with E-state index in [1.54, 1.807) is 0 Å². The van der Waals surface area contributed by atoms with Gasteiger partial charge in [-0.3, -0.25) is 4.99 Å². The predicted octanol–water partition coefficient (Wildman–Crippen LogP) is 4.09. The first kappa shape index (κ1) is 26.3. The fourth-order valence-corrected chi connectivity index (χ4v) is 5.27. The second-order valence-electron chi connectivity index (χ2n) is 10.3. The molecule has 0 saturated carbocycles. The van der Waals surface area contributed by atoms with Crippen LogP contribution in [0.25, 0.3) is 0 Å². The van der Waals surface area contributed by atoms with Gasteiger partial charge in [-0.05, 0) is 48.8 Å². The quantitative estimate of drug-likeness (QED) is 0.314. The molecule has 2 atom stereocenters. The van der Waals surface area contributed by atoms with E-state index in [0.717, 1.165) is 69.6 Å². The molecular weight excluding hydrogens is 533 g/mol. The van der Waals surface area contributed by atoms with Gasteiger partial charge in [-0.1, -0.05) is 26.8 Å². The van der Waals surface area contributed by atoms with E-state index >= 15 is 0 Å². The molecule has 8 heteroatoms. The first-order valence-electron chi connectivity index (χ1n) is 12.0. The maximum Gasteiger partial charge on any atom is 0.231 e. The third-order valence-electron chi connectivity index (χ3n) is 7.08. The van der Waals surface area contributed by atoms with Crippen LogP contribution >= 0.6 is 24.0 Å². The Labute approximate surface area is 215 Å². The monoisotopic (exact) mass is 573 g/mol. The van der Waals surface area contributed by atoms with Crippen LogP contribution in [0.15, 0.2) is 23.2 Å². The molecule has 2 fully saturated rings. The summed E-state index contributed by atoms with van der Waals surface area (Å²) in [6, 6.07) is 6.33. The lowest BCUT2D eigenvalue weighted by atomic mass is 9.74. The fourth-order valence-electron chi connectivity index (χ4n) is 5.27. The molecule has 0 bridgehead atoms. The Kier molecular flexibility index (Phi) is 9.14. The number of nitrogens with one attached hydrogen (secondary N) is 2. The Morgan fingerprint density at radius 3 is 2.58 bits per heavy atom. The Bertz CT molecular complexity index is 805. The van der Waals surface area contributed by atoms with Gasteiger partial charge in [-0.25, -0.2) is 0 Å².